The van der Waals surface area contributed by atoms with E-state index in [-0.39, 0.29) is 17.4 Å². The molecule has 0 aliphatic carbocycles. The lowest BCUT2D eigenvalue weighted by Gasteiger charge is -2.35. The van der Waals surface area contributed by atoms with Gasteiger partial charge in [-0.1, -0.05) is 20.8 Å². The molecular weight excluding hydrogens is 268 g/mol. The molecule has 0 radical (unpaired) electrons. The highest BCUT2D eigenvalue weighted by Crippen LogP contribution is 2.26. The van der Waals surface area contributed by atoms with E-state index in [9.17, 15) is 9.59 Å². The monoisotopic (exact) mass is 294 g/mol. The lowest BCUT2D eigenvalue weighted by atomic mass is 9.87. The summed E-state index contributed by atoms with van der Waals surface area (Å²) in [6.07, 6.45) is 0. The van der Waals surface area contributed by atoms with Gasteiger partial charge < -0.3 is 14.6 Å². The molecule has 21 heavy (non-hydrogen) atoms. The molecule has 0 aliphatic rings. The summed E-state index contributed by atoms with van der Waals surface area (Å²) in [7, 11) is 3.12. The van der Waals surface area contributed by atoms with Gasteiger partial charge in [0, 0.05) is 18.8 Å². The Morgan fingerprint density at radius 1 is 1.24 bits per heavy atom. The molecule has 118 valence electrons. The molecule has 1 aromatic heterocycles. The van der Waals surface area contributed by atoms with Crippen LogP contribution in [0.5, 0.6) is 0 Å². The number of methoxy groups -OCH3 is 1. The van der Waals surface area contributed by atoms with E-state index in [0.717, 1.165) is 0 Å². The number of nitrogens with one attached hydrogen (secondary N) is 1. The number of H-pyrrole nitrogens is 1. The fourth-order valence-electron chi connectivity index (χ4n) is 2.31. The van der Waals surface area contributed by atoms with Crippen LogP contribution in [-0.4, -0.2) is 42.0 Å². The molecule has 0 bridgehead atoms. The number of nitrogens with zero attached hydrogens (tertiary/aromatic N) is 1. The normalized spacial score (nSPS) is 13.0. The molecule has 1 heterocycles. The molecule has 5 heteroatoms. The molecule has 0 aliphatic heterocycles. The number of esters is 1. The summed E-state index contributed by atoms with van der Waals surface area (Å²) in [4.78, 5) is 29.2. The van der Waals surface area contributed by atoms with E-state index < -0.39 is 5.97 Å². The zero-order chi connectivity index (χ0) is 16.5. The van der Waals surface area contributed by atoms with Crippen LogP contribution < -0.4 is 0 Å². The highest BCUT2D eigenvalue weighted by Gasteiger charge is 2.30. The fourth-order valence-corrected chi connectivity index (χ4v) is 2.31. The van der Waals surface area contributed by atoms with Crippen molar-refractivity contribution >= 4 is 11.9 Å². The summed E-state index contributed by atoms with van der Waals surface area (Å²) in [5, 5.41) is 0. The minimum atomic E-state index is -0.424. The van der Waals surface area contributed by atoms with E-state index in [1.807, 2.05) is 6.92 Å². The lowest BCUT2D eigenvalue weighted by molar-refractivity contribution is 0.0599. The summed E-state index contributed by atoms with van der Waals surface area (Å²) in [5.74, 6) is -0.542. The van der Waals surface area contributed by atoms with E-state index in [2.05, 4.69) is 25.8 Å². The number of aryl methyl sites for hydroxylation is 1. The lowest BCUT2D eigenvalue weighted by Crippen LogP contribution is -2.43. The zero-order valence-corrected chi connectivity index (χ0v) is 14.2. The van der Waals surface area contributed by atoms with Crippen molar-refractivity contribution in [2.75, 3.05) is 14.2 Å². The predicted octanol–water partition coefficient (Wildman–Crippen LogP) is 2.92. The Balaban J connectivity index is 3.18. The molecule has 5 nitrogen and oxygen atoms in total. The zero-order valence-electron chi connectivity index (χ0n) is 14.2. The number of hydrogen-bond donors (Lipinski definition) is 1. The van der Waals surface area contributed by atoms with E-state index in [1.54, 1.807) is 25.8 Å². The third-order valence-electron chi connectivity index (χ3n) is 4.20. The van der Waals surface area contributed by atoms with E-state index in [4.69, 9.17) is 4.74 Å². The van der Waals surface area contributed by atoms with Crippen LogP contribution in [0.4, 0.5) is 0 Å². The number of aromatic nitrogens is 1. The van der Waals surface area contributed by atoms with Crippen LogP contribution in [0.3, 0.4) is 0 Å². The second-order valence-electron chi connectivity index (χ2n) is 6.57. The van der Waals surface area contributed by atoms with Crippen molar-refractivity contribution in [2.45, 2.75) is 47.6 Å². The van der Waals surface area contributed by atoms with Gasteiger partial charge in [-0.15, -0.1) is 0 Å². The van der Waals surface area contributed by atoms with Gasteiger partial charge in [-0.3, -0.25) is 4.79 Å². The third kappa shape index (κ3) is 3.28. The Kier molecular flexibility index (Phi) is 4.87. The molecule has 0 unspecified atom stereocenters. The number of carbonyl (C=O) groups is 2. The largest absolute Gasteiger partial charge is 0.465 e. The summed E-state index contributed by atoms with van der Waals surface area (Å²) in [6.45, 7) is 11.8. The first-order valence-electron chi connectivity index (χ1n) is 7.07. The van der Waals surface area contributed by atoms with Crippen molar-refractivity contribution in [1.29, 1.82) is 0 Å². The number of ether oxygens (including phenoxy) is 1. The Labute approximate surface area is 126 Å². The molecule has 1 rings (SSSR count). The van der Waals surface area contributed by atoms with Crippen molar-refractivity contribution in [2.24, 2.45) is 5.41 Å². The average molecular weight is 294 g/mol. The predicted molar refractivity (Wildman–Crippen MR) is 82.6 cm³/mol. The van der Waals surface area contributed by atoms with Crippen LogP contribution in [0.1, 0.15) is 59.8 Å². The molecule has 0 aromatic carbocycles. The smallest absolute Gasteiger partial charge is 0.339 e. The van der Waals surface area contributed by atoms with Gasteiger partial charge in [0.1, 0.15) is 5.69 Å². The van der Waals surface area contributed by atoms with Gasteiger partial charge >= 0.3 is 5.97 Å². The summed E-state index contributed by atoms with van der Waals surface area (Å²) >= 11 is 0. The van der Waals surface area contributed by atoms with Gasteiger partial charge in [-0.2, -0.15) is 0 Å². The van der Waals surface area contributed by atoms with Gasteiger partial charge in [0.15, 0.2) is 0 Å². The molecule has 1 atom stereocenters. The Morgan fingerprint density at radius 3 is 2.19 bits per heavy atom. The van der Waals surface area contributed by atoms with Gasteiger partial charge in [-0.05, 0) is 31.7 Å². The van der Waals surface area contributed by atoms with Crippen molar-refractivity contribution in [3.63, 3.8) is 0 Å². The van der Waals surface area contributed by atoms with Crippen LogP contribution in [0.25, 0.3) is 0 Å². The molecule has 1 aromatic rings. The molecule has 1 N–H and O–H groups in total. The topological polar surface area (TPSA) is 62.4 Å². The summed E-state index contributed by atoms with van der Waals surface area (Å²) < 4.78 is 4.77. The second-order valence-corrected chi connectivity index (χ2v) is 6.57. The molecule has 0 saturated heterocycles. The first-order valence-corrected chi connectivity index (χ1v) is 7.07. The molecule has 0 saturated carbocycles. The highest BCUT2D eigenvalue weighted by molar-refractivity contribution is 6.00. The van der Waals surface area contributed by atoms with E-state index >= 15 is 0 Å². The van der Waals surface area contributed by atoms with Crippen LogP contribution in [0.2, 0.25) is 0 Å². The first kappa shape index (κ1) is 17.3. The molecule has 0 spiro atoms. The third-order valence-corrected chi connectivity index (χ3v) is 4.20. The van der Waals surface area contributed by atoms with Crippen LogP contribution in [0, 0.1) is 19.3 Å². The van der Waals surface area contributed by atoms with Crippen LogP contribution in [-0.2, 0) is 4.74 Å². The number of carbonyl (C=O) groups excluding carboxylic acids is 2. The molecule has 1 amide bonds. The van der Waals surface area contributed by atoms with Gasteiger partial charge in [0.25, 0.3) is 5.91 Å². The first-order chi connectivity index (χ1) is 9.52. The number of rotatable bonds is 3. The van der Waals surface area contributed by atoms with E-state index in [0.29, 0.717) is 22.5 Å². The SMILES string of the molecule is COC(=O)c1c(C)[nH]c(C(=O)N(C)[C@@H](C)C(C)(C)C)c1C. The van der Waals surface area contributed by atoms with Crippen molar-refractivity contribution < 1.29 is 14.3 Å². The summed E-state index contributed by atoms with van der Waals surface area (Å²) in [5.41, 5.74) is 2.16. The Bertz CT molecular complexity index is 553. The maximum absolute atomic E-state index is 12.7. The quantitative estimate of drug-likeness (QED) is 0.872. The van der Waals surface area contributed by atoms with Crippen LogP contribution in [0.15, 0.2) is 0 Å². The minimum absolute atomic E-state index is 0.0227. The highest BCUT2D eigenvalue weighted by atomic mass is 16.5. The van der Waals surface area contributed by atoms with E-state index in [1.165, 1.54) is 7.11 Å². The standard InChI is InChI=1S/C16H26N2O3/c1-9-12(15(20)21-8)10(2)17-13(9)14(19)18(7)11(3)16(4,5)6/h11,17H,1-8H3/t11-/m0/s1. The minimum Gasteiger partial charge on any atom is -0.465 e. The fraction of sp³-hybridized carbons (Fsp3) is 0.625. The van der Waals surface area contributed by atoms with Crippen molar-refractivity contribution in [3.8, 4) is 0 Å². The number of aromatic amines is 1. The Hall–Kier alpha value is -1.78. The number of hydrogen-bond acceptors (Lipinski definition) is 3. The average Bonchev–Trinajstić information content (AvgIpc) is 2.69. The maximum atomic E-state index is 12.7. The molecular formula is C16H26N2O3. The van der Waals surface area contributed by atoms with Crippen LogP contribution >= 0.6 is 0 Å². The number of amides is 1. The summed E-state index contributed by atoms with van der Waals surface area (Å²) in [6, 6.07) is 0.0644. The Morgan fingerprint density at radius 2 is 1.76 bits per heavy atom. The molecule has 0 fully saturated rings. The van der Waals surface area contributed by atoms with Gasteiger partial charge in [0.05, 0.1) is 12.7 Å². The van der Waals surface area contributed by atoms with Gasteiger partial charge in [0.2, 0.25) is 0 Å². The van der Waals surface area contributed by atoms with Gasteiger partial charge in [-0.25, -0.2) is 4.79 Å². The van der Waals surface area contributed by atoms with Crippen molar-refractivity contribution in [1.82, 2.24) is 9.88 Å². The van der Waals surface area contributed by atoms with Crippen molar-refractivity contribution in [3.05, 3.63) is 22.5 Å². The second kappa shape index (κ2) is 5.92. The maximum Gasteiger partial charge on any atom is 0.339 e.